The third kappa shape index (κ3) is 6.88. The van der Waals surface area contributed by atoms with Gasteiger partial charge in [-0.1, -0.05) is 31.4 Å². The highest BCUT2D eigenvalue weighted by molar-refractivity contribution is 5.46. The van der Waals surface area contributed by atoms with E-state index >= 15 is 0 Å². The molecule has 0 bridgehead atoms. The quantitative estimate of drug-likeness (QED) is 0.356. The van der Waals surface area contributed by atoms with Gasteiger partial charge >= 0.3 is 0 Å². The van der Waals surface area contributed by atoms with E-state index in [1.807, 2.05) is 42.5 Å². The molecule has 0 radical (unpaired) electrons. The summed E-state index contributed by atoms with van der Waals surface area (Å²) in [5.41, 5.74) is 2.08. The predicted octanol–water partition coefficient (Wildman–Crippen LogP) is 4.87. The van der Waals surface area contributed by atoms with Crippen LogP contribution in [-0.2, 0) is 13.1 Å². The number of methoxy groups -OCH3 is 3. The van der Waals surface area contributed by atoms with Crippen molar-refractivity contribution in [3.05, 3.63) is 53.6 Å². The van der Waals surface area contributed by atoms with Crippen molar-refractivity contribution < 1.29 is 14.2 Å². The Morgan fingerprint density at radius 2 is 1.34 bits per heavy atom. The van der Waals surface area contributed by atoms with Crippen LogP contribution in [0.5, 0.6) is 17.2 Å². The molecule has 0 atom stereocenters. The number of nitrogens with one attached hydrogen (secondary N) is 3. The summed E-state index contributed by atoms with van der Waals surface area (Å²) < 4.78 is 16.1. The molecule has 1 aliphatic rings. The fourth-order valence-corrected chi connectivity index (χ4v) is 4.12. The van der Waals surface area contributed by atoms with Crippen LogP contribution in [0.2, 0.25) is 0 Å². The maximum atomic E-state index is 5.52. The lowest BCUT2D eigenvalue weighted by Gasteiger charge is -2.23. The van der Waals surface area contributed by atoms with E-state index in [4.69, 9.17) is 14.2 Å². The van der Waals surface area contributed by atoms with Crippen LogP contribution < -0.4 is 30.2 Å². The maximum Gasteiger partial charge on any atom is 0.229 e. The lowest BCUT2D eigenvalue weighted by molar-refractivity contribution is 0.391. The number of ether oxygens (including phenoxy) is 3. The minimum atomic E-state index is 0.384. The van der Waals surface area contributed by atoms with Crippen molar-refractivity contribution in [1.82, 2.24) is 15.0 Å². The molecule has 3 N–H and O–H groups in total. The third-order valence-corrected chi connectivity index (χ3v) is 6.11. The summed E-state index contributed by atoms with van der Waals surface area (Å²) in [6.45, 7) is 1.08. The molecular formula is C26H34N6O3. The average molecular weight is 479 g/mol. The van der Waals surface area contributed by atoms with Gasteiger partial charge in [0.2, 0.25) is 17.8 Å². The lowest BCUT2D eigenvalue weighted by atomic mass is 9.96. The highest BCUT2D eigenvalue weighted by Gasteiger charge is 2.16. The SMILES string of the molecule is COc1ccc(CNc2nc(NCc3ccc(OC)cc3OC)nc(NC3CCCCC3)n2)cc1. The van der Waals surface area contributed by atoms with Crippen molar-refractivity contribution >= 4 is 17.8 Å². The van der Waals surface area contributed by atoms with Crippen LogP contribution in [0.3, 0.4) is 0 Å². The van der Waals surface area contributed by atoms with E-state index in [-0.39, 0.29) is 0 Å². The Morgan fingerprint density at radius 1 is 0.714 bits per heavy atom. The highest BCUT2D eigenvalue weighted by Crippen LogP contribution is 2.26. The van der Waals surface area contributed by atoms with Crippen LogP contribution in [0.15, 0.2) is 42.5 Å². The van der Waals surface area contributed by atoms with Crippen molar-refractivity contribution in [3.8, 4) is 17.2 Å². The molecule has 1 aromatic heterocycles. The smallest absolute Gasteiger partial charge is 0.229 e. The summed E-state index contributed by atoms with van der Waals surface area (Å²) in [7, 11) is 4.95. The van der Waals surface area contributed by atoms with E-state index in [9.17, 15) is 0 Å². The Kier molecular flexibility index (Phi) is 8.43. The van der Waals surface area contributed by atoms with Crippen molar-refractivity contribution in [1.29, 1.82) is 0 Å². The third-order valence-electron chi connectivity index (χ3n) is 6.11. The predicted molar refractivity (Wildman–Crippen MR) is 138 cm³/mol. The molecule has 2 aromatic carbocycles. The maximum absolute atomic E-state index is 5.52. The van der Waals surface area contributed by atoms with Crippen LogP contribution in [-0.4, -0.2) is 42.3 Å². The second-order valence-corrected chi connectivity index (χ2v) is 8.52. The normalized spacial score (nSPS) is 13.7. The summed E-state index contributed by atoms with van der Waals surface area (Å²) in [5, 5.41) is 10.2. The van der Waals surface area contributed by atoms with Gasteiger partial charge in [0.1, 0.15) is 17.2 Å². The van der Waals surface area contributed by atoms with Crippen LogP contribution in [0.1, 0.15) is 43.2 Å². The van der Waals surface area contributed by atoms with Gasteiger partial charge in [-0.3, -0.25) is 0 Å². The monoisotopic (exact) mass is 478 g/mol. The summed E-state index contributed by atoms with van der Waals surface area (Å²) in [6.07, 6.45) is 6.01. The zero-order valence-corrected chi connectivity index (χ0v) is 20.6. The molecular weight excluding hydrogens is 444 g/mol. The first kappa shape index (κ1) is 24.4. The minimum absolute atomic E-state index is 0.384. The van der Waals surface area contributed by atoms with Crippen molar-refractivity contribution in [2.24, 2.45) is 0 Å². The molecule has 1 fully saturated rings. The second-order valence-electron chi connectivity index (χ2n) is 8.52. The molecule has 35 heavy (non-hydrogen) atoms. The van der Waals surface area contributed by atoms with E-state index in [1.165, 1.54) is 19.3 Å². The van der Waals surface area contributed by atoms with Crippen LogP contribution in [0.4, 0.5) is 17.8 Å². The Balaban J connectivity index is 1.49. The molecule has 1 heterocycles. The fraction of sp³-hybridized carbons (Fsp3) is 0.423. The minimum Gasteiger partial charge on any atom is -0.497 e. The molecule has 0 amide bonds. The Bertz CT molecular complexity index is 1090. The average Bonchev–Trinajstić information content (AvgIpc) is 2.91. The van der Waals surface area contributed by atoms with Gasteiger partial charge < -0.3 is 30.2 Å². The van der Waals surface area contributed by atoms with Gasteiger partial charge in [-0.2, -0.15) is 15.0 Å². The fourth-order valence-electron chi connectivity index (χ4n) is 4.12. The van der Waals surface area contributed by atoms with E-state index in [1.54, 1.807) is 21.3 Å². The number of rotatable bonds is 11. The number of anilines is 3. The number of benzene rings is 2. The number of nitrogens with zero attached hydrogens (tertiary/aromatic N) is 3. The summed E-state index contributed by atoms with van der Waals surface area (Å²) >= 11 is 0. The van der Waals surface area contributed by atoms with Crippen molar-refractivity contribution in [2.45, 2.75) is 51.2 Å². The number of aromatic nitrogens is 3. The van der Waals surface area contributed by atoms with Gasteiger partial charge in [-0.15, -0.1) is 0 Å². The topological polar surface area (TPSA) is 102 Å². The summed E-state index contributed by atoms with van der Waals surface area (Å²) in [5.74, 6) is 3.90. The summed E-state index contributed by atoms with van der Waals surface area (Å²) in [6, 6.07) is 14.0. The van der Waals surface area contributed by atoms with Gasteiger partial charge in [-0.25, -0.2) is 0 Å². The first-order valence-corrected chi connectivity index (χ1v) is 12.0. The van der Waals surface area contributed by atoms with Crippen molar-refractivity contribution in [2.75, 3.05) is 37.3 Å². The molecule has 1 aliphatic carbocycles. The molecule has 3 aromatic rings. The molecule has 0 aliphatic heterocycles. The van der Waals surface area contributed by atoms with Crippen LogP contribution in [0.25, 0.3) is 0 Å². The van der Waals surface area contributed by atoms with E-state index in [0.29, 0.717) is 37.0 Å². The van der Waals surface area contributed by atoms with Gasteiger partial charge in [0.25, 0.3) is 0 Å². The van der Waals surface area contributed by atoms with Gasteiger partial charge in [0.05, 0.1) is 21.3 Å². The lowest BCUT2D eigenvalue weighted by Crippen LogP contribution is -2.24. The van der Waals surface area contributed by atoms with Gasteiger partial charge in [0, 0.05) is 30.8 Å². The molecule has 0 saturated heterocycles. The zero-order valence-electron chi connectivity index (χ0n) is 20.6. The Hall–Kier alpha value is -3.75. The number of hydrogen-bond donors (Lipinski definition) is 3. The van der Waals surface area contributed by atoms with Gasteiger partial charge in [0.15, 0.2) is 0 Å². The molecule has 186 valence electrons. The largest absolute Gasteiger partial charge is 0.497 e. The van der Waals surface area contributed by atoms with E-state index < -0.39 is 0 Å². The highest BCUT2D eigenvalue weighted by atomic mass is 16.5. The Morgan fingerprint density at radius 3 is 2.00 bits per heavy atom. The van der Waals surface area contributed by atoms with Gasteiger partial charge in [-0.05, 0) is 42.7 Å². The molecule has 1 saturated carbocycles. The first-order valence-electron chi connectivity index (χ1n) is 12.0. The standard InChI is InChI=1S/C26H34N6O3/c1-33-21-12-9-18(10-13-21)16-27-24-30-25(32-26(31-24)29-20-7-5-4-6-8-20)28-17-19-11-14-22(34-2)15-23(19)35-3/h9-15,20H,4-8,16-17H2,1-3H3,(H3,27,28,29,30,31,32). The first-order chi connectivity index (χ1) is 17.2. The molecule has 4 rings (SSSR count). The zero-order chi connectivity index (χ0) is 24.5. The second kappa shape index (κ2) is 12.1. The molecule has 0 spiro atoms. The van der Waals surface area contributed by atoms with Crippen LogP contribution >= 0.6 is 0 Å². The van der Waals surface area contributed by atoms with E-state index in [0.717, 1.165) is 41.2 Å². The van der Waals surface area contributed by atoms with Crippen LogP contribution in [0, 0.1) is 0 Å². The summed E-state index contributed by atoms with van der Waals surface area (Å²) in [4.78, 5) is 13.9. The number of hydrogen-bond acceptors (Lipinski definition) is 9. The Labute approximate surface area is 206 Å². The van der Waals surface area contributed by atoms with E-state index in [2.05, 4.69) is 30.9 Å². The molecule has 0 unspecified atom stereocenters. The molecule has 9 heteroatoms. The molecule has 9 nitrogen and oxygen atoms in total. The van der Waals surface area contributed by atoms with Crippen molar-refractivity contribution in [3.63, 3.8) is 0 Å².